The van der Waals surface area contributed by atoms with E-state index >= 15 is 0 Å². The molecule has 3 heterocycles. The summed E-state index contributed by atoms with van der Waals surface area (Å²) in [5.41, 5.74) is 4.47. The lowest BCUT2D eigenvalue weighted by atomic mass is 10.2. The van der Waals surface area contributed by atoms with E-state index in [2.05, 4.69) is 9.97 Å². The van der Waals surface area contributed by atoms with Crippen LogP contribution in [0, 0.1) is 5.92 Å². The molecule has 4 rings (SSSR count). The summed E-state index contributed by atoms with van der Waals surface area (Å²) in [7, 11) is 0. The lowest BCUT2D eigenvalue weighted by Gasteiger charge is -2.14. The summed E-state index contributed by atoms with van der Waals surface area (Å²) in [5, 5.41) is 0.727. The van der Waals surface area contributed by atoms with Crippen LogP contribution in [-0.2, 0) is 13.1 Å². The molecule has 34 heavy (non-hydrogen) atoms. The minimum Gasteiger partial charge on any atom is -0.467 e. The highest BCUT2D eigenvalue weighted by Crippen LogP contribution is 2.21. The molecule has 0 unspecified atom stereocenters. The third-order valence-electron chi connectivity index (χ3n) is 5.12. The largest absolute Gasteiger partial charge is 0.467 e. The lowest BCUT2D eigenvalue weighted by molar-refractivity contribution is 0.102. The molecule has 3 N–H and O–H groups in total. The summed E-state index contributed by atoms with van der Waals surface area (Å²) in [5.74, 6) is -0.341. The first-order valence-corrected chi connectivity index (χ1v) is 11.6. The van der Waals surface area contributed by atoms with Gasteiger partial charge in [-0.1, -0.05) is 37.7 Å². The van der Waals surface area contributed by atoms with Crippen LogP contribution in [0.1, 0.15) is 30.0 Å². The first-order chi connectivity index (χ1) is 16.3. The van der Waals surface area contributed by atoms with E-state index in [0.29, 0.717) is 21.8 Å². The molecule has 0 saturated heterocycles. The highest BCUT2D eigenvalue weighted by Gasteiger charge is 2.21. The van der Waals surface area contributed by atoms with E-state index in [-0.39, 0.29) is 41.7 Å². The lowest BCUT2D eigenvalue weighted by Crippen LogP contribution is -2.37. The van der Waals surface area contributed by atoms with Gasteiger partial charge in [0.1, 0.15) is 17.1 Å². The molecule has 0 amide bonds. The van der Waals surface area contributed by atoms with Crippen LogP contribution in [-0.4, -0.2) is 30.6 Å². The Morgan fingerprint density at radius 2 is 1.91 bits per heavy atom. The molecule has 0 aliphatic heterocycles. The zero-order chi connectivity index (χ0) is 24.4. The third kappa shape index (κ3) is 4.60. The predicted octanol–water partition coefficient (Wildman–Crippen LogP) is 2.10. The van der Waals surface area contributed by atoms with Crippen molar-refractivity contribution < 1.29 is 9.21 Å². The number of rotatable bonds is 8. The van der Waals surface area contributed by atoms with Crippen molar-refractivity contribution >= 4 is 34.3 Å². The number of carbonyl (C=O) groups is 1. The SMILES string of the molecule is CC(C)Cn1c(N)c(C(=O)CSc2nc3ccccc3c(=O)n2Cc2ccco2)c(=O)[nH]c1=O. The summed E-state index contributed by atoms with van der Waals surface area (Å²) in [6.45, 7) is 4.15. The van der Waals surface area contributed by atoms with E-state index in [1.54, 1.807) is 36.4 Å². The average molecular weight is 482 g/mol. The van der Waals surface area contributed by atoms with Crippen LogP contribution in [0.2, 0.25) is 0 Å². The van der Waals surface area contributed by atoms with Crippen LogP contribution < -0.4 is 22.5 Å². The first kappa shape index (κ1) is 23.3. The molecular weight excluding hydrogens is 458 g/mol. The Morgan fingerprint density at radius 3 is 2.62 bits per heavy atom. The maximum atomic E-state index is 13.2. The maximum Gasteiger partial charge on any atom is 0.329 e. The molecule has 11 heteroatoms. The fraction of sp³-hybridized carbons (Fsp3) is 0.261. The van der Waals surface area contributed by atoms with E-state index in [4.69, 9.17) is 10.2 Å². The van der Waals surface area contributed by atoms with E-state index in [1.165, 1.54) is 15.4 Å². The zero-order valence-corrected chi connectivity index (χ0v) is 19.4. The van der Waals surface area contributed by atoms with Crippen molar-refractivity contribution in [1.82, 2.24) is 19.1 Å². The fourth-order valence-corrected chi connectivity index (χ4v) is 4.43. The quantitative estimate of drug-likeness (QED) is 0.221. The van der Waals surface area contributed by atoms with Gasteiger partial charge >= 0.3 is 5.69 Å². The van der Waals surface area contributed by atoms with Crippen LogP contribution in [0.25, 0.3) is 10.9 Å². The van der Waals surface area contributed by atoms with Gasteiger partial charge in [0.05, 0.1) is 29.5 Å². The number of hydrogen-bond donors (Lipinski definition) is 2. The molecule has 4 aromatic rings. The number of nitrogens with two attached hydrogens (primary N) is 1. The Kier molecular flexibility index (Phi) is 6.55. The maximum absolute atomic E-state index is 13.2. The number of thioether (sulfide) groups is 1. The number of hydrogen-bond acceptors (Lipinski definition) is 8. The number of para-hydroxylation sites is 1. The number of nitrogens with one attached hydrogen (secondary N) is 1. The second kappa shape index (κ2) is 9.56. The van der Waals surface area contributed by atoms with Gasteiger partial charge < -0.3 is 10.2 Å². The number of aromatic nitrogens is 4. The molecule has 0 aliphatic rings. The van der Waals surface area contributed by atoms with Crippen molar-refractivity contribution in [3.63, 3.8) is 0 Å². The standard InChI is InChI=1S/C23H23N5O5S/c1-13(2)10-27-19(24)18(20(30)26-22(27)32)17(29)12-34-23-25-16-8-4-3-7-15(16)21(31)28(23)11-14-6-5-9-33-14/h3-9,13H,10-12,24H2,1-2H3,(H,26,30,32). The van der Waals surface area contributed by atoms with Gasteiger partial charge in [0.2, 0.25) is 0 Å². The van der Waals surface area contributed by atoms with Crippen molar-refractivity contribution in [2.75, 3.05) is 11.5 Å². The molecule has 0 bridgehead atoms. The van der Waals surface area contributed by atoms with Crippen molar-refractivity contribution in [3.8, 4) is 0 Å². The van der Waals surface area contributed by atoms with Crippen LogP contribution in [0.15, 0.2) is 66.6 Å². The highest BCUT2D eigenvalue weighted by atomic mass is 32.2. The topological polar surface area (TPSA) is 146 Å². The van der Waals surface area contributed by atoms with Gasteiger partial charge in [0, 0.05) is 6.54 Å². The van der Waals surface area contributed by atoms with Crippen molar-refractivity contribution in [3.05, 3.63) is 85.2 Å². The molecule has 0 fully saturated rings. The number of ketones is 1. The van der Waals surface area contributed by atoms with Crippen molar-refractivity contribution in [2.45, 2.75) is 32.1 Å². The Balaban J connectivity index is 1.70. The van der Waals surface area contributed by atoms with Gasteiger partial charge in [-0.2, -0.15) is 0 Å². The second-order valence-electron chi connectivity index (χ2n) is 8.12. The molecule has 0 atom stereocenters. The average Bonchev–Trinajstić information content (AvgIpc) is 3.30. The molecule has 0 aliphatic carbocycles. The van der Waals surface area contributed by atoms with Crippen LogP contribution in [0.3, 0.4) is 0 Å². The first-order valence-electron chi connectivity index (χ1n) is 10.6. The number of H-pyrrole nitrogens is 1. The van der Waals surface area contributed by atoms with Gasteiger partial charge in [-0.15, -0.1) is 0 Å². The molecule has 0 radical (unpaired) electrons. The van der Waals surface area contributed by atoms with E-state index in [0.717, 1.165) is 11.8 Å². The van der Waals surface area contributed by atoms with E-state index < -0.39 is 17.0 Å². The number of benzene rings is 1. The van der Waals surface area contributed by atoms with Crippen LogP contribution in [0.4, 0.5) is 5.82 Å². The molecule has 10 nitrogen and oxygen atoms in total. The molecular formula is C23H23N5O5S. The summed E-state index contributed by atoms with van der Waals surface area (Å²) in [6.07, 6.45) is 1.51. The number of carbonyl (C=O) groups excluding carboxylic acids is 1. The van der Waals surface area contributed by atoms with E-state index in [1.807, 2.05) is 13.8 Å². The Hall–Kier alpha value is -3.86. The molecule has 1 aromatic carbocycles. The van der Waals surface area contributed by atoms with Gasteiger partial charge in [0.15, 0.2) is 10.9 Å². The number of furan rings is 1. The number of fused-ring (bicyclic) bond motifs is 1. The number of nitrogen functional groups attached to an aromatic ring is 1. The molecule has 3 aromatic heterocycles. The highest BCUT2D eigenvalue weighted by molar-refractivity contribution is 7.99. The van der Waals surface area contributed by atoms with Crippen LogP contribution in [0.5, 0.6) is 0 Å². The summed E-state index contributed by atoms with van der Waals surface area (Å²) in [6, 6.07) is 10.4. The zero-order valence-electron chi connectivity index (χ0n) is 18.6. The normalized spacial score (nSPS) is 11.4. The number of aromatic amines is 1. The number of nitrogens with zero attached hydrogens (tertiary/aromatic N) is 3. The summed E-state index contributed by atoms with van der Waals surface area (Å²) < 4.78 is 7.99. The number of Topliss-reactive ketones (excluding diaryl/α,β-unsaturated/α-hetero) is 1. The van der Waals surface area contributed by atoms with Crippen molar-refractivity contribution in [2.24, 2.45) is 5.92 Å². The minimum absolute atomic E-state index is 0.0704. The van der Waals surface area contributed by atoms with Gasteiger partial charge in [-0.3, -0.25) is 28.5 Å². The minimum atomic E-state index is -0.840. The van der Waals surface area contributed by atoms with Crippen molar-refractivity contribution in [1.29, 1.82) is 0 Å². The van der Waals surface area contributed by atoms with E-state index in [9.17, 15) is 19.2 Å². The van der Waals surface area contributed by atoms with Gasteiger partial charge in [0.25, 0.3) is 11.1 Å². The third-order valence-corrected chi connectivity index (χ3v) is 6.10. The molecule has 0 spiro atoms. The Labute approximate surface area is 197 Å². The predicted molar refractivity (Wildman–Crippen MR) is 129 cm³/mol. The fourth-order valence-electron chi connectivity index (χ4n) is 3.56. The second-order valence-corrected chi connectivity index (χ2v) is 9.06. The van der Waals surface area contributed by atoms with Gasteiger partial charge in [-0.25, -0.2) is 9.78 Å². The van der Waals surface area contributed by atoms with Gasteiger partial charge in [-0.05, 0) is 30.2 Å². The Morgan fingerprint density at radius 1 is 1.15 bits per heavy atom. The smallest absolute Gasteiger partial charge is 0.329 e. The number of anilines is 1. The Bertz CT molecular complexity index is 1530. The summed E-state index contributed by atoms with van der Waals surface area (Å²) in [4.78, 5) is 57.5. The van der Waals surface area contributed by atoms with Crippen LogP contribution >= 0.6 is 11.8 Å². The summed E-state index contributed by atoms with van der Waals surface area (Å²) >= 11 is 1.01. The molecule has 176 valence electrons. The molecule has 0 saturated carbocycles. The monoisotopic (exact) mass is 481 g/mol.